The standard InChI is InChI=1S/C19H20F3N5O3S/c1-4-31(29)12-7-8-14(25-30-3)24-15(12)17-23-11-9-13(19(20,21)22)27(10-5-6-10)18(28)16(11)26(17)2/h7-10H,4-6H2,1-3H3,(H,24,25). The van der Waals surface area contributed by atoms with Crippen molar-refractivity contribution in [2.75, 3.05) is 18.3 Å². The van der Waals surface area contributed by atoms with Gasteiger partial charge in [0.2, 0.25) is 0 Å². The van der Waals surface area contributed by atoms with Crippen molar-refractivity contribution < 1.29 is 22.2 Å². The maximum absolute atomic E-state index is 13.7. The van der Waals surface area contributed by atoms with Crippen molar-refractivity contribution in [1.82, 2.24) is 19.1 Å². The van der Waals surface area contributed by atoms with Crippen LogP contribution in [-0.2, 0) is 28.9 Å². The molecule has 1 aliphatic rings. The molecule has 0 aromatic carbocycles. The number of hydrogen-bond donors (Lipinski definition) is 1. The second kappa shape index (κ2) is 7.75. The summed E-state index contributed by atoms with van der Waals surface area (Å²) in [6.07, 6.45) is -3.65. The predicted molar refractivity (Wildman–Crippen MR) is 109 cm³/mol. The summed E-state index contributed by atoms with van der Waals surface area (Å²) < 4.78 is 55.8. The predicted octanol–water partition coefficient (Wildman–Crippen LogP) is 3.25. The largest absolute Gasteiger partial charge is 0.431 e. The maximum Gasteiger partial charge on any atom is 0.431 e. The second-order valence-corrected chi connectivity index (χ2v) is 8.85. The lowest BCUT2D eigenvalue weighted by Crippen LogP contribution is -2.28. The molecule has 1 aliphatic carbocycles. The van der Waals surface area contributed by atoms with Crippen LogP contribution in [0.15, 0.2) is 27.9 Å². The minimum atomic E-state index is -4.69. The lowest BCUT2D eigenvalue weighted by atomic mass is 10.2. The van der Waals surface area contributed by atoms with Gasteiger partial charge in [-0.3, -0.25) is 18.4 Å². The molecular formula is C19H20F3N5O3S. The third-order valence-corrected chi connectivity index (χ3v) is 6.41. The quantitative estimate of drug-likeness (QED) is 0.574. The first-order valence-electron chi connectivity index (χ1n) is 9.55. The first-order valence-corrected chi connectivity index (χ1v) is 10.9. The lowest BCUT2D eigenvalue weighted by molar-refractivity contribution is -0.144. The highest BCUT2D eigenvalue weighted by molar-refractivity contribution is 7.85. The molecule has 0 bridgehead atoms. The molecule has 12 heteroatoms. The molecule has 3 heterocycles. The van der Waals surface area contributed by atoms with Crippen LogP contribution in [0.3, 0.4) is 0 Å². The number of nitrogens with zero attached hydrogens (tertiary/aromatic N) is 4. The number of pyridine rings is 2. The number of imidazole rings is 1. The zero-order valence-electron chi connectivity index (χ0n) is 17.0. The van der Waals surface area contributed by atoms with E-state index in [1.54, 1.807) is 19.1 Å². The van der Waals surface area contributed by atoms with E-state index in [1.807, 2.05) is 0 Å². The first kappa shape index (κ1) is 21.5. The molecule has 31 heavy (non-hydrogen) atoms. The summed E-state index contributed by atoms with van der Waals surface area (Å²) in [5.74, 6) is 0.751. The Hall–Kier alpha value is -2.73. The Morgan fingerprint density at radius 2 is 2.00 bits per heavy atom. The molecule has 3 aromatic rings. The normalized spacial score (nSPS) is 15.4. The monoisotopic (exact) mass is 455 g/mol. The van der Waals surface area contributed by atoms with Gasteiger partial charge in [0.1, 0.15) is 16.9 Å². The minimum absolute atomic E-state index is 0.0371. The van der Waals surface area contributed by atoms with Crippen LogP contribution in [0.5, 0.6) is 0 Å². The lowest BCUT2D eigenvalue weighted by Gasteiger charge is -2.15. The molecule has 1 atom stereocenters. The van der Waals surface area contributed by atoms with E-state index in [4.69, 9.17) is 4.84 Å². The van der Waals surface area contributed by atoms with Crippen molar-refractivity contribution in [1.29, 1.82) is 0 Å². The van der Waals surface area contributed by atoms with E-state index in [1.165, 1.54) is 18.7 Å². The Bertz CT molecular complexity index is 1250. The molecule has 8 nitrogen and oxygen atoms in total. The van der Waals surface area contributed by atoms with E-state index in [0.29, 0.717) is 29.3 Å². The van der Waals surface area contributed by atoms with E-state index < -0.39 is 34.3 Å². The van der Waals surface area contributed by atoms with Gasteiger partial charge in [0, 0.05) is 18.8 Å². The number of hydrogen-bond acceptors (Lipinski definition) is 6. The highest BCUT2D eigenvalue weighted by Crippen LogP contribution is 2.40. The fourth-order valence-electron chi connectivity index (χ4n) is 3.53. The highest BCUT2D eigenvalue weighted by atomic mass is 32.2. The Kier molecular flexibility index (Phi) is 5.38. The highest BCUT2D eigenvalue weighted by Gasteiger charge is 2.40. The summed E-state index contributed by atoms with van der Waals surface area (Å²) in [5, 5.41) is 0. The van der Waals surface area contributed by atoms with Crippen LogP contribution >= 0.6 is 0 Å². The van der Waals surface area contributed by atoms with Gasteiger partial charge < -0.3 is 4.57 Å². The van der Waals surface area contributed by atoms with Crippen LogP contribution in [0.2, 0.25) is 0 Å². The number of aromatic nitrogens is 4. The molecule has 1 fully saturated rings. The van der Waals surface area contributed by atoms with E-state index in [9.17, 15) is 22.2 Å². The van der Waals surface area contributed by atoms with E-state index in [-0.39, 0.29) is 22.6 Å². The van der Waals surface area contributed by atoms with Gasteiger partial charge in [-0.05, 0) is 31.0 Å². The third kappa shape index (κ3) is 3.74. The van der Waals surface area contributed by atoms with Crippen LogP contribution < -0.4 is 11.0 Å². The van der Waals surface area contributed by atoms with Gasteiger partial charge in [-0.25, -0.2) is 15.4 Å². The molecular weight excluding hydrogens is 435 g/mol. The summed E-state index contributed by atoms with van der Waals surface area (Å²) in [6.45, 7) is 1.74. The second-order valence-electron chi connectivity index (χ2n) is 7.15. The van der Waals surface area contributed by atoms with Crippen LogP contribution in [0.25, 0.3) is 22.6 Å². The van der Waals surface area contributed by atoms with Crippen molar-refractivity contribution in [3.63, 3.8) is 0 Å². The van der Waals surface area contributed by atoms with Crippen molar-refractivity contribution in [3.05, 3.63) is 34.2 Å². The third-order valence-electron chi connectivity index (χ3n) is 5.06. The van der Waals surface area contributed by atoms with Gasteiger partial charge >= 0.3 is 6.18 Å². The SMILES string of the molecule is CCS(=O)c1ccc(NOC)nc1-c1nc2cc(C(F)(F)F)n(C3CC3)c(=O)c2n1C. The summed E-state index contributed by atoms with van der Waals surface area (Å²) in [6, 6.07) is 3.58. The zero-order chi connectivity index (χ0) is 22.5. The van der Waals surface area contributed by atoms with Crippen molar-refractivity contribution in [2.24, 2.45) is 7.05 Å². The molecule has 1 saturated carbocycles. The number of nitrogens with one attached hydrogen (secondary N) is 1. The Morgan fingerprint density at radius 1 is 1.29 bits per heavy atom. The van der Waals surface area contributed by atoms with Crippen molar-refractivity contribution in [3.8, 4) is 11.5 Å². The Balaban J connectivity index is 2.01. The minimum Gasteiger partial charge on any atom is -0.321 e. The summed E-state index contributed by atoms with van der Waals surface area (Å²) in [7, 11) is 1.51. The van der Waals surface area contributed by atoms with Gasteiger partial charge in [-0.2, -0.15) is 13.2 Å². The summed E-state index contributed by atoms with van der Waals surface area (Å²) in [4.78, 5) is 27.0. The van der Waals surface area contributed by atoms with Crippen molar-refractivity contribution in [2.45, 2.75) is 36.9 Å². The molecule has 4 rings (SSSR count). The van der Waals surface area contributed by atoms with Crippen LogP contribution in [-0.4, -0.2) is 36.2 Å². The molecule has 0 aliphatic heterocycles. The number of rotatable bonds is 6. The maximum atomic E-state index is 13.7. The first-order chi connectivity index (χ1) is 14.7. The van der Waals surface area contributed by atoms with Crippen molar-refractivity contribution >= 4 is 27.7 Å². The number of anilines is 1. The molecule has 166 valence electrons. The van der Waals surface area contributed by atoms with Crippen LogP contribution in [0.1, 0.15) is 31.5 Å². The average Bonchev–Trinajstić information content (AvgIpc) is 3.49. The fraction of sp³-hybridized carbons (Fsp3) is 0.421. The summed E-state index contributed by atoms with van der Waals surface area (Å²) in [5.41, 5.74) is 0.945. The molecule has 0 saturated heterocycles. The molecule has 0 radical (unpaired) electrons. The van der Waals surface area contributed by atoms with Gasteiger partial charge in [-0.15, -0.1) is 0 Å². The smallest absolute Gasteiger partial charge is 0.321 e. The van der Waals surface area contributed by atoms with Gasteiger partial charge in [0.25, 0.3) is 5.56 Å². The topological polar surface area (TPSA) is 91.0 Å². The number of halogens is 3. The van der Waals surface area contributed by atoms with Gasteiger partial charge in [0.05, 0.1) is 28.3 Å². The molecule has 0 spiro atoms. The fourth-order valence-corrected chi connectivity index (χ4v) is 4.41. The average molecular weight is 455 g/mol. The zero-order valence-corrected chi connectivity index (χ0v) is 17.8. The van der Waals surface area contributed by atoms with Gasteiger partial charge in [-0.1, -0.05) is 6.92 Å². The molecule has 0 amide bonds. The molecule has 1 unspecified atom stereocenters. The number of fused-ring (bicyclic) bond motifs is 1. The van der Waals surface area contributed by atoms with E-state index in [0.717, 1.165) is 10.6 Å². The van der Waals surface area contributed by atoms with E-state index >= 15 is 0 Å². The van der Waals surface area contributed by atoms with E-state index in [2.05, 4.69) is 15.4 Å². The molecule has 3 aromatic heterocycles. The van der Waals surface area contributed by atoms with Crippen LogP contribution in [0, 0.1) is 0 Å². The Morgan fingerprint density at radius 3 is 2.58 bits per heavy atom. The summed E-state index contributed by atoms with van der Waals surface area (Å²) >= 11 is 0. The van der Waals surface area contributed by atoms with Crippen LogP contribution in [0.4, 0.5) is 19.0 Å². The molecule has 1 N–H and O–H groups in total. The number of aryl methyl sites for hydroxylation is 1. The Labute approximate surface area is 177 Å². The number of alkyl halides is 3. The van der Waals surface area contributed by atoms with Gasteiger partial charge in [0.15, 0.2) is 11.6 Å².